The highest BCUT2D eigenvalue weighted by atomic mass is 32.1. The molecule has 28 heavy (non-hydrogen) atoms. The second kappa shape index (κ2) is 8.71. The second-order valence-corrected chi connectivity index (χ2v) is 8.13. The first-order valence-electron chi connectivity index (χ1n) is 9.92. The van der Waals surface area contributed by atoms with E-state index in [2.05, 4.69) is 29.3 Å². The smallest absolute Gasteiger partial charge is 0.255 e. The van der Waals surface area contributed by atoms with Crippen LogP contribution in [0, 0.1) is 0 Å². The minimum atomic E-state index is -0.0364. The lowest BCUT2D eigenvalue weighted by Gasteiger charge is -2.22. The third kappa shape index (κ3) is 4.18. The highest BCUT2D eigenvalue weighted by molar-refractivity contribution is 7.13. The van der Waals surface area contributed by atoms with Crippen LogP contribution in [0.25, 0.3) is 10.6 Å². The molecule has 1 atom stereocenters. The van der Waals surface area contributed by atoms with Crippen LogP contribution >= 0.6 is 11.3 Å². The van der Waals surface area contributed by atoms with E-state index in [4.69, 9.17) is 5.10 Å². The number of thiophene rings is 1. The van der Waals surface area contributed by atoms with Crippen molar-refractivity contribution < 1.29 is 4.79 Å². The molecule has 0 bridgehead atoms. The number of carbonyl (C=O) groups is 1. The second-order valence-electron chi connectivity index (χ2n) is 7.19. The Morgan fingerprint density at radius 2 is 2.11 bits per heavy atom. The van der Waals surface area contributed by atoms with Crippen LogP contribution in [-0.4, -0.2) is 46.3 Å². The predicted molar refractivity (Wildman–Crippen MR) is 114 cm³/mol. The number of carbonyl (C=O) groups excluding carboxylic acids is 1. The van der Waals surface area contributed by atoms with Gasteiger partial charge >= 0.3 is 0 Å². The maximum absolute atomic E-state index is 13.0. The Morgan fingerprint density at radius 1 is 1.25 bits per heavy atom. The van der Waals surface area contributed by atoms with Crippen molar-refractivity contribution in [2.45, 2.75) is 32.4 Å². The topological polar surface area (TPSA) is 50.2 Å². The molecule has 1 aliphatic heterocycles. The number of hydrogen-bond donors (Lipinski definition) is 1. The number of likely N-dealkylation sites (tertiary alicyclic amines) is 1. The lowest BCUT2D eigenvalue weighted by Crippen LogP contribution is -2.40. The van der Waals surface area contributed by atoms with Gasteiger partial charge in [0.2, 0.25) is 0 Å². The van der Waals surface area contributed by atoms with Gasteiger partial charge in [0.25, 0.3) is 5.91 Å². The van der Waals surface area contributed by atoms with Crippen LogP contribution in [0.15, 0.2) is 54.0 Å². The van der Waals surface area contributed by atoms with E-state index in [1.165, 1.54) is 12.0 Å². The Kier molecular flexibility index (Phi) is 5.88. The molecule has 1 unspecified atom stereocenters. The van der Waals surface area contributed by atoms with E-state index in [0.29, 0.717) is 24.7 Å². The summed E-state index contributed by atoms with van der Waals surface area (Å²) in [7, 11) is 0. The average molecular weight is 395 g/mol. The molecule has 1 N–H and O–H groups in total. The average Bonchev–Trinajstić information content (AvgIpc) is 3.46. The monoisotopic (exact) mass is 394 g/mol. The molecule has 4 rings (SSSR count). The standard InChI is InChI=1S/C22H26N4OS/c1-2-25-12-6-10-18(25)14-23-22(27)19-16-26(15-17-8-4-3-5-9-17)24-21(19)20-11-7-13-28-20/h3-5,7-9,11,13,16,18H,2,6,10,12,14-15H2,1H3,(H,23,27). The molecule has 1 aromatic carbocycles. The predicted octanol–water partition coefficient (Wildman–Crippen LogP) is 3.87. The van der Waals surface area contributed by atoms with E-state index in [1.807, 2.05) is 46.6 Å². The van der Waals surface area contributed by atoms with Gasteiger partial charge in [0.05, 0.1) is 17.0 Å². The van der Waals surface area contributed by atoms with E-state index < -0.39 is 0 Å². The number of amides is 1. The van der Waals surface area contributed by atoms with Gasteiger partial charge in [-0.25, -0.2) is 0 Å². The Morgan fingerprint density at radius 3 is 2.86 bits per heavy atom. The quantitative estimate of drug-likeness (QED) is 0.662. The molecule has 1 amide bonds. The Labute approximate surface area is 170 Å². The summed E-state index contributed by atoms with van der Waals surface area (Å²) in [6, 6.07) is 14.7. The lowest BCUT2D eigenvalue weighted by atomic mass is 10.2. The summed E-state index contributed by atoms with van der Waals surface area (Å²) >= 11 is 1.61. The van der Waals surface area contributed by atoms with Gasteiger partial charge in [-0.1, -0.05) is 43.3 Å². The Balaban J connectivity index is 1.53. The van der Waals surface area contributed by atoms with E-state index in [-0.39, 0.29) is 5.91 Å². The third-order valence-corrected chi connectivity index (χ3v) is 6.23. The molecule has 0 aliphatic carbocycles. The number of hydrogen-bond acceptors (Lipinski definition) is 4. The van der Waals surface area contributed by atoms with Crippen LogP contribution in [0.1, 0.15) is 35.7 Å². The molecule has 1 fully saturated rings. The Bertz CT molecular complexity index is 904. The number of rotatable bonds is 7. The lowest BCUT2D eigenvalue weighted by molar-refractivity contribution is 0.0942. The zero-order chi connectivity index (χ0) is 19.3. The maximum Gasteiger partial charge on any atom is 0.255 e. The van der Waals surface area contributed by atoms with Crippen molar-refractivity contribution in [3.63, 3.8) is 0 Å². The first kappa shape index (κ1) is 18.9. The van der Waals surface area contributed by atoms with Crippen molar-refractivity contribution in [2.24, 2.45) is 0 Å². The van der Waals surface area contributed by atoms with Crippen LogP contribution in [0.5, 0.6) is 0 Å². The Hall–Kier alpha value is -2.44. The molecule has 1 aliphatic rings. The number of nitrogens with zero attached hydrogens (tertiary/aromatic N) is 3. The number of benzene rings is 1. The van der Waals surface area contributed by atoms with Gasteiger partial charge < -0.3 is 5.32 Å². The SMILES string of the molecule is CCN1CCCC1CNC(=O)c1cn(Cc2ccccc2)nc1-c1cccs1. The fourth-order valence-electron chi connectivity index (χ4n) is 3.88. The molecule has 6 heteroatoms. The molecule has 0 radical (unpaired) electrons. The highest BCUT2D eigenvalue weighted by Gasteiger charge is 2.25. The largest absolute Gasteiger partial charge is 0.350 e. The van der Waals surface area contributed by atoms with Gasteiger partial charge in [-0.3, -0.25) is 14.4 Å². The number of nitrogens with one attached hydrogen (secondary N) is 1. The van der Waals surface area contributed by atoms with Gasteiger partial charge in [-0.15, -0.1) is 11.3 Å². The number of aromatic nitrogens is 2. The highest BCUT2D eigenvalue weighted by Crippen LogP contribution is 2.27. The summed E-state index contributed by atoms with van der Waals surface area (Å²) in [4.78, 5) is 16.5. The molecule has 0 saturated carbocycles. The molecule has 2 aromatic heterocycles. The van der Waals surface area contributed by atoms with E-state index in [0.717, 1.165) is 30.1 Å². The van der Waals surface area contributed by atoms with E-state index in [1.54, 1.807) is 11.3 Å². The van der Waals surface area contributed by atoms with Crippen LogP contribution in [0.3, 0.4) is 0 Å². The number of likely N-dealkylation sites (N-methyl/N-ethyl adjacent to an activating group) is 1. The molecule has 3 heterocycles. The van der Waals surface area contributed by atoms with E-state index >= 15 is 0 Å². The first-order chi connectivity index (χ1) is 13.7. The zero-order valence-electron chi connectivity index (χ0n) is 16.2. The van der Waals surface area contributed by atoms with Crippen molar-refractivity contribution in [2.75, 3.05) is 19.6 Å². The van der Waals surface area contributed by atoms with Gasteiger partial charge in [-0.2, -0.15) is 5.10 Å². The summed E-state index contributed by atoms with van der Waals surface area (Å²) in [5.74, 6) is -0.0364. The van der Waals surface area contributed by atoms with Crippen molar-refractivity contribution in [1.29, 1.82) is 0 Å². The van der Waals surface area contributed by atoms with Crippen LogP contribution in [-0.2, 0) is 6.54 Å². The molecular formula is C22H26N4OS. The third-order valence-electron chi connectivity index (χ3n) is 5.35. The fraction of sp³-hybridized carbons (Fsp3) is 0.364. The zero-order valence-corrected chi connectivity index (χ0v) is 17.0. The van der Waals surface area contributed by atoms with Crippen LogP contribution in [0.2, 0.25) is 0 Å². The molecule has 3 aromatic rings. The summed E-state index contributed by atoms with van der Waals surface area (Å²) in [5.41, 5.74) is 2.58. The van der Waals surface area contributed by atoms with Crippen molar-refractivity contribution in [3.05, 3.63) is 65.2 Å². The van der Waals surface area contributed by atoms with Crippen LogP contribution in [0.4, 0.5) is 0 Å². The van der Waals surface area contributed by atoms with Crippen LogP contribution < -0.4 is 5.32 Å². The molecule has 0 spiro atoms. The van der Waals surface area contributed by atoms with Crippen molar-refractivity contribution in [3.8, 4) is 10.6 Å². The van der Waals surface area contributed by atoms with Gasteiger partial charge in [-0.05, 0) is 42.9 Å². The minimum absolute atomic E-state index is 0.0364. The molecule has 1 saturated heterocycles. The van der Waals surface area contributed by atoms with E-state index in [9.17, 15) is 4.79 Å². The summed E-state index contributed by atoms with van der Waals surface area (Å²) in [5, 5.41) is 9.91. The summed E-state index contributed by atoms with van der Waals surface area (Å²) in [6.45, 7) is 5.70. The van der Waals surface area contributed by atoms with Gasteiger partial charge in [0.1, 0.15) is 5.69 Å². The fourth-order valence-corrected chi connectivity index (χ4v) is 4.61. The first-order valence-corrected chi connectivity index (χ1v) is 10.8. The van der Waals surface area contributed by atoms with Crippen molar-refractivity contribution in [1.82, 2.24) is 20.0 Å². The molecule has 146 valence electrons. The molecular weight excluding hydrogens is 368 g/mol. The normalized spacial score (nSPS) is 17.1. The van der Waals surface area contributed by atoms with Gasteiger partial charge in [0, 0.05) is 18.8 Å². The van der Waals surface area contributed by atoms with Gasteiger partial charge in [0.15, 0.2) is 0 Å². The summed E-state index contributed by atoms with van der Waals surface area (Å²) < 4.78 is 1.87. The molecule has 5 nitrogen and oxygen atoms in total. The maximum atomic E-state index is 13.0. The minimum Gasteiger partial charge on any atom is -0.350 e. The summed E-state index contributed by atoms with van der Waals surface area (Å²) in [6.07, 6.45) is 4.24. The van der Waals surface area contributed by atoms with Crippen molar-refractivity contribution >= 4 is 17.2 Å².